The zero-order valence-corrected chi connectivity index (χ0v) is 14.8. The summed E-state index contributed by atoms with van der Waals surface area (Å²) in [7, 11) is 1.57. The molecule has 1 aliphatic rings. The van der Waals surface area contributed by atoms with Gasteiger partial charge < -0.3 is 19.7 Å². The average molecular weight is 334 g/mol. The molecule has 0 saturated carbocycles. The molecule has 1 aromatic carbocycles. The molecule has 0 unspecified atom stereocenters. The van der Waals surface area contributed by atoms with Gasteiger partial charge in [0.2, 0.25) is 0 Å². The van der Waals surface area contributed by atoms with Crippen molar-refractivity contribution in [2.75, 3.05) is 20.2 Å². The van der Waals surface area contributed by atoms with E-state index in [4.69, 9.17) is 9.47 Å². The average Bonchev–Trinajstić information content (AvgIpc) is 2.54. The van der Waals surface area contributed by atoms with E-state index in [1.165, 1.54) is 0 Å². The highest BCUT2D eigenvalue weighted by Crippen LogP contribution is 2.17. The van der Waals surface area contributed by atoms with Gasteiger partial charge in [-0.25, -0.2) is 4.79 Å². The molecule has 0 atom stereocenters. The molecule has 0 aliphatic carbocycles. The Balaban J connectivity index is 1.84. The molecule has 132 valence electrons. The van der Waals surface area contributed by atoms with Gasteiger partial charge in [0.25, 0.3) is 5.91 Å². The quantitative estimate of drug-likeness (QED) is 0.923. The topological polar surface area (TPSA) is 67.9 Å². The standard InChI is InChI=1S/C18H26N2O4/c1-18(2,3)24-17(22)20-10-8-14(9-11-20)19-16(21)13-6-5-7-15(12-13)23-4/h5-7,12,14H,8-11H2,1-4H3,(H,19,21). The molecule has 0 bridgehead atoms. The van der Waals surface area contributed by atoms with Crippen LogP contribution in [-0.2, 0) is 4.74 Å². The first kappa shape index (κ1) is 18.1. The molecule has 1 aromatic rings. The van der Waals surface area contributed by atoms with E-state index in [2.05, 4.69) is 5.32 Å². The maximum Gasteiger partial charge on any atom is 0.410 e. The summed E-state index contributed by atoms with van der Waals surface area (Å²) in [5, 5.41) is 3.02. The van der Waals surface area contributed by atoms with Crippen LogP contribution in [0.4, 0.5) is 4.79 Å². The van der Waals surface area contributed by atoms with Gasteiger partial charge in [0.05, 0.1) is 7.11 Å². The Hall–Kier alpha value is -2.24. The monoisotopic (exact) mass is 334 g/mol. The van der Waals surface area contributed by atoms with E-state index in [1.54, 1.807) is 36.3 Å². The Morgan fingerprint density at radius 1 is 1.21 bits per heavy atom. The molecule has 0 radical (unpaired) electrons. The minimum atomic E-state index is -0.492. The van der Waals surface area contributed by atoms with Crippen LogP contribution in [0.25, 0.3) is 0 Å². The van der Waals surface area contributed by atoms with Crippen molar-refractivity contribution in [3.63, 3.8) is 0 Å². The maximum absolute atomic E-state index is 12.3. The molecule has 2 rings (SSSR count). The maximum atomic E-state index is 12.3. The summed E-state index contributed by atoms with van der Waals surface area (Å²) in [6.45, 7) is 6.72. The molecule has 1 aliphatic heterocycles. The highest BCUT2D eigenvalue weighted by atomic mass is 16.6. The van der Waals surface area contributed by atoms with Crippen LogP contribution in [0.5, 0.6) is 5.75 Å². The number of methoxy groups -OCH3 is 1. The number of carbonyl (C=O) groups excluding carboxylic acids is 2. The fourth-order valence-corrected chi connectivity index (χ4v) is 2.57. The van der Waals surface area contributed by atoms with E-state index in [1.807, 2.05) is 20.8 Å². The van der Waals surface area contributed by atoms with Gasteiger partial charge in [-0.3, -0.25) is 4.79 Å². The predicted molar refractivity (Wildman–Crippen MR) is 91.3 cm³/mol. The smallest absolute Gasteiger partial charge is 0.410 e. The molecule has 24 heavy (non-hydrogen) atoms. The Morgan fingerprint density at radius 2 is 1.88 bits per heavy atom. The first-order valence-electron chi connectivity index (χ1n) is 8.21. The Labute approximate surface area is 143 Å². The van der Waals surface area contributed by atoms with Crippen LogP contribution in [0.15, 0.2) is 24.3 Å². The van der Waals surface area contributed by atoms with Gasteiger partial charge in [-0.05, 0) is 51.8 Å². The van der Waals surface area contributed by atoms with Gasteiger partial charge in [-0.15, -0.1) is 0 Å². The van der Waals surface area contributed by atoms with Crippen molar-refractivity contribution in [2.24, 2.45) is 0 Å². The zero-order chi connectivity index (χ0) is 17.7. The van der Waals surface area contributed by atoms with Crippen molar-refractivity contribution in [2.45, 2.75) is 45.3 Å². The highest BCUT2D eigenvalue weighted by molar-refractivity contribution is 5.94. The number of rotatable bonds is 3. The largest absolute Gasteiger partial charge is 0.497 e. The van der Waals surface area contributed by atoms with E-state index in [9.17, 15) is 9.59 Å². The zero-order valence-electron chi connectivity index (χ0n) is 14.8. The number of nitrogens with zero attached hydrogens (tertiary/aromatic N) is 1. The third kappa shape index (κ3) is 5.15. The van der Waals surface area contributed by atoms with Crippen molar-refractivity contribution in [1.82, 2.24) is 10.2 Å². The molecule has 6 nitrogen and oxygen atoms in total. The summed E-state index contributed by atoms with van der Waals surface area (Å²) >= 11 is 0. The number of carbonyl (C=O) groups is 2. The fourth-order valence-electron chi connectivity index (χ4n) is 2.57. The minimum Gasteiger partial charge on any atom is -0.497 e. The summed E-state index contributed by atoms with van der Waals surface area (Å²) in [4.78, 5) is 26.0. The molecule has 2 amide bonds. The second-order valence-electron chi connectivity index (χ2n) is 6.95. The van der Waals surface area contributed by atoms with Gasteiger partial charge in [0.1, 0.15) is 11.4 Å². The van der Waals surface area contributed by atoms with Crippen LogP contribution in [0.3, 0.4) is 0 Å². The lowest BCUT2D eigenvalue weighted by Crippen LogP contribution is -2.47. The van der Waals surface area contributed by atoms with Crippen molar-refractivity contribution in [3.05, 3.63) is 29.8 Å². The number of benzene rings is 1. The fraction of sp³-hybridized carbons (Fsp3) is 0.556. The lowest BCUT2D eigenvalue weighted by molar-refractivity contribution is 0.0199. The van der Waals surface area contributed by atoms with Crippen LogP contribution in [0.1, 0.15) is 44.0 Å². The van der Waals surface area contributed by atoms with Gasteiger partial charge in [0.15, 0.2) is 0 Å². The normalized spacial score (nSPS) is 15.8. The number of likely N-dealkylation sites (tertiary alicyclic amines) is 1. The number of piperidine rings is 1. The molecule has 6 heteroatoms. The SMILES string of the molecule is COc1cccc(C(=O)NC2CCN(C(=O)OC(C)(C)C)CC2)c1. The summed E-state index contributed by atoms with van der Waals surface area (Å²) in [5.41, 5.74) is 0.0815. The van der Waals surface area contributed by atoms with Gasteiger partial charge >= 0.3 is 6.09 Å². The van der Waals surface area contributed by atoms with Crippen LogP contribution < -0.4 is 10.1 Å². The molecule has 0 aromatic heterocycles. The predicted octanol–water partition coefficient (Wildman–Crippen LogP) is 2.82. The van der Waals surface area contributed by atoms with Gasteiger partial charge in [0, 0.05) is 24.7 Å². The van der Waals surface area contributed by atoms with E-state index in [0.717, 1.165) is 12.8 Å². The van der Waals surface area contributed by atoms with Crippen molar-refractivity contribution in [3.8, 4) is 5.75 Å². The lowest BCUT2D eigenvalue weighted by Gasteiger charge is -2.33. The van der Waals surface area contributed by atoms with Crippen LogP contribution in [0, 0.1) is 0 Å². The number of hydrogen-bond donors (Lipinski definition) is 1. The van der Waals surface area contributed by atoms with Crippen LogP contribution in [0.2, 0.25) is 0 Å². The van der Waals surface area contributed by atoms with Crippen LogP contribution in [-0.4, -0.2) is 48.7 Å². The van der Waals surface area contributed by atoms with Crippen molar-refractivity contribution < 1.29 is 19.1 Å². The first-order valence-corrected chi connectivity index (χ1v) is 8.21. The van der Waals surface area contributed by atoms with Crippen molar-refractivity contribution >= 4 is 12.0 Å². The molecule has 1 fully saturated rings. The van der Waals surface area contributed by atoms with Gasteiger partial charge in [-0.1, -0.05) is 6.07 Å². The Kier molecular flexibility index (Phi) is 5.70. The van der Waals surface area contributed by atoms with Crippen molar-refractivity contribution in [1.29, 1.82) is 0 Å². The third-order valence-corrected chi connectivity index (χ3v) is 3.81. The minimum absolute atomic E-state index is 0.0578. The number of nitrogens with one attached hydrogen (secondary N) is 1. The highest BCUT2D eigenvalue weighted by Gasteiger charge is 2.27. The van der Waals surface area contributed by atoms with Gasteiger partial charge in [-0.2, -0.15) is 0 Å². The second kappa shape index (κ2) is 7.55. The van der Waals surface area contributed by atoms with E-state index >= 15 is 0 Å². The summed E-state index contributed by atoms with van der Waals surface area (Å²) in [6, 6.07) is 7.12. The van der Waals surface area contributed by atoms with E-state index in [-0.39, 0.29) is 18.0 Å². The molecule has 1 heterocycles. The van der Waals surface area contributed by atoms with Crippen LogP contribution >= 0.6 is 0 Å². The second-order valence-corrected chi connectivity index (χ2v) is 6.95. The Bertz CT molecular complexity index is 587. The summed E-state index contributed by atoms with van der Waals surface area (Å²) < 4.78 is 10.5. The molecule has 1 saturated heterocycles. The lowest BCUT2D eigenvalue weighted by atomic mass is 10.0. The first-order chi connectivity index (χ1) is 11.3. The number of hydrogen-bond acceptors (Lipinski definition) is 4. The summed E-state index contributed by atoms with van der Waals surface area (Å²) in [6.07, 6.45) is 1.14. The summed E-state index contributed by atoms with van der Waals surface area (Å²) in [5.74, 6) is 0.534. The molecular formula is C18H26N2O4. The van der Waals surface area contributed by atoms with E-state index < -0.39 is 5.60 Å². The Morgan fingerprint density at radius 3 is 2.46 bits per heavy atom. The molecule has 1 N–H and O–H groups in total. The molecular weight excluding hydrogens is 308 g/mol. The number of amides is 2. The third-order valence-electron chi connectivity index (χ3n) is 3.81. The molecule has 0 spiro atoms. The van der Waals surface area contributed by atoms with E-state index in [0.29, 0.717) is 24.4 Å². The number of ether oxygens (including phenoxy) is 2.